The number of nitrogens with one attached hydrogen (secondary N) is 2. The number of rotatable bonds is 5. The highest BCUT2D eigenvalue weighted by Crippen LogP contribution is 2.22. The molecule has 0 bridgehead atoms. The number of amidine groups is 1. The van der Waals surface area contributed by atoms with Crippen molar-refractivity contribution in [3.05, 3.63) is 0 Å². The van der Waals surface area contributed by atoms with Crippen molar-refractivity contribution in [2.75, 3.05) is 12.3 Å². The first-order valence-electron chi connectivity index (χ1n) is 6.65. The molecular weight excluding hydrogens is 246 g/mol. The summed E-state index contributed by atoms with van der Waals surface area (Å²) in [6.45, 7) is 11.1. The van der Waals surface area contributed by atoms with Gasteiger partial charge >= 0.3 is 0 Å². The Labute approximate surface area is 114 Å². The summed E-state index contributed by atoms with van der Waals surface area (Å²) >= 11 is 1.71. The molecule has 0 radical (unpaired) electrons. The number of nitrogens with zero attached hydrogens (tertiary/aromatic N) is 1. The molecule has 0 spiro atoms. The van der Waals surface area contributed by atoms with Crippen molar-refractivity contribution in [1.29, 1.82) is 0 Å². The van der Waals surface area contributed by atoms with Gasteiger partial charge in [0.2, 0.25) is 5.91 Å². The predicted molar refractivity (Wildman–Crippen MR) is 79.0 cm³/mol. The van der Waals surface area contributed by atoms with Crippen LogP contribution in [0.3, 0.4) is 0 Å². The van der Waals surface area contributed by atoms with E-state index >= 15 is 0 Å². The van der Waals surface area contributed by atoms with E-state index in [1.807, 2.05) is 6.92 Å². The Morgan fingerprint density at radius 1 is 1.39 bits per heavy atom. The average molecular weight is 271 g/mol. The highest BCUT2D eigenvalue weighted by Gasteiger charge is 2.23. The van der Waals surface area contributed by atoms with E-state index in [9.17, 15) is 4.79 Å². The quantitative estimate of drug-likeness (QED) is 0.802. The molecular formula is C13H25N3OS. The van der Waals surface area contributed by atoms with E-state index in [1.165, 1.54) is 0 Å². The zero-order valence-corrected chi connectivity index (χ0v) is 12.8. The molecule has 2 N–H and O–H groups in total. The van der Waals surface area contributed by atoms with Crippen molar-refractivity contribution in [3.8, 4) is 0 Å². The zero-order valence-electron chi connectivity index (χ0n) is 12.0. The van der Waals surface area contributed by atoms with Crippen LogP contribution in [-0.4, -0.2) is 35.5 Å². The van der Waals surface area contributed by atoms with E-state index in [4.69, 9.17) is 0 Å². The first-order valence-corrected chi connectivity index (χ1v) is 7.63. The Balaban J connectivity index is 2.38. The van der Waals surface area contributed by atoms with Crippen LogP contribution in [-0.2, 0) is 4.79 Å². The maximum Gasteiger partial charge on any atom is 0.242 e. The predicted octanol–water partition coefficient (Wildman–Crippen LogP) is 1.86. The van der Waals surface area contributed by atoms with E-state index < -0.39 is 0 Å². The fourth-order valence-corrected chi connectivity index (χ4v) is 2.78. The van der Waals surface area contributed by atoms with Crippen molar-refractivity contribution in [2.45, 2.75) is 46.7 Å². The number of carbonyl (C=O) groups is 1. The van der Waals surface area contributed by atoms with Crippen LogP contribution < -0.4 is 10.6 Å². The number of aliphatic imine (C=N–C) groups is 1. The van der Waals surface area contributed by atoms with Gasteiger partial charge in [-0.25, -0.2) is 0 Å². The minimum atomic E-state index is -0.221. The topological polar surface area (TPSA) is 53.5 Å². The molecule has 4 nitrogen and oxygen atoms in total. The van der Waals surface area contributed by atoms with Crippen LogP contribution in [0.5, 0.6) is 0 Å². The summed E-state index contributed by atoms with van der Waals surface area (Å²) in [6, 6.07) is 0.157. The van der Waals surface area contributed by atoms with Gasteiger partial charge in [0.1, 0.15) is 6.04 Å². The highest BCUT2D eigenvalue weighted by molar-refractivity contribution is 8.14. The molecule has 1 heterocycles. The van der Waals surface area contributed by atoms with Crippen LogP contribution in [0.15, 0.2) is 4.99 Å². The van der Waals surface area contributed by atoms with Crippen LogP contribution in [0.4, 0.5) is 0 Å². The summed E-state index contributed by atoms with van der Waals surface area (Å²) in [4.78, 5) is 16.4. The van der Waals surface area contributed by atoms with Crippen LogP contribution in [0, 0.1) is 11.8 Å². The maximum atomic E-state index is 11.8. The largest absolute Gasteiger partial charge is 0.354 e. The van der Waals surface area contributed by atoms with Crippen molar-refractivity contribution in [1.82, 2.24) is 10.6 Å². The molecule has 2 unspecified atom stereocenters. The van der Waals surface area contributed by atoms with E-state index in [2.05, 4.69) is 43.3 Å². The van der Waals surface area contributed by atoms with Gasteiger partial charge in [0.25, 0.3) is 0 Å². The summed E-state index contributed by atoms with van der Waals surface area (Å²) in [5, 5.41) is 7.02. The van der Waals surface area contributed by atoms with Crippen molar-refractivity contribution in [3.63, 3.8) is 0 Å². The Bertz CT molecular complexity index is 315. The summed E-state index contributed by atoms with van der Waals surface area (Å²) in [6.07, 6.45) is 0. The van der Waals surface area contributed by atoms with Crippen LogP contribution in [0.25, 0.3) is 0 Å². The summed E-state index contributed by atoms with van der Waals surface area (Å²) < 4.78 is 0. The van der Waals surface area contributed by atoms with Gasteiger partial charge in [0.05, 0.1) is 6.04 Å². The van der Waals surface area contributed by atoms with E-state index in [1.54, 1.807) is 11.8 Å². The van der Waals surface area contributed by atoms with Crippen molar-refractivity contribution >= 4 is 22.8 Å². The number of thioether (sulfide) groups is 1. The standard InChI is InChI=1S/C13H25N3OS/c1-8(2)6-14-12(17)10(5)15-13-16-11(7-18-13)9(3)4/h8-11H,6-7H2,1-5H3,(H,14,17)(H,15,16). The fourth-order valence-electron chi connectivity index (χ4n) is 1.52. The summed E-state index contributed by atoms with van der Waals surface area (Å²) in [5.74, 6) is 2.09. The summed E-state index contributed by atoms with van der Waals surface area (Å²) in [5.41, 5.74) is 0. The minimum Gasteiger partial charge on any atom is -0.354 e. The summed E-state index contributed by atoms with van der Waals surface area (Å²) in [7, 11) is 0. The molecule has 0 aliphatic carbocycles. The lowest BCUT2D eigenvalue weighted by molar-refractivity contribution is -0.122. The molecule has 0 saturated heterocycles. The van der Waals surface area contributed by atoms with Gasteiger partial charge in [0.15, 0.2) is 5.17 Å². The molecule has 0 aromatic rings. The molecule has 0 saturated carbocycles. The molecule has 5 heteroatoms. The van der Waals surface area contributed by atoms with Gasteiger partial charge in [-0.05, 0) is 18.8 Å². The highest BCUT2D eigenvalue weighted by atomic mass is 32.2. The molecule has 1 amide bonds. The molecule has 18 heavy (non-hydrogen) atoms. The lowest BCUT2D eigenvalue weighted by Crippen LogP contribution is -2.44. The monoisotopic (exact) mass is 271 g/mol. The third-order valence-electron chi connectivity index (χ3n) is 2.86. The average Bonchev–Trinajstić information content (AvgIpc) is 2.74. The van der Waals surface area contributed by atoms with E-state index in [-0.39, 0.29) is 11.9 Å². The normalized spacial score (nSPS) is 21.1. The number of amides is 1. The Morgan fingerprint density at radius 3 is 2.56 bits per heavy atom. The van der Waals surface area contributed by atoms with E-state index in [0.29, 0.717) is 17.9 Å². The minimum absolute atomic E-state index is 0.0417. The second kappa shape index (κ2) is 7.02. The molecule has 0 aromatic heterocycles. The molecule has 0 aromatic carbocycles. The van der Waals surface area contributed by atoms with Crippen LogP contribution in [0.1, 0.15) is 34.6 Å². The molecule has 1 aliphatic heterocycles. The third kappa shape index (κ3) is 4.88. The Morgan fingerprint density at radius 2 is 2.06 bits per heavy atom. The number of hydrogen-bond donors (Lipinski definition) is 2. The van der Waals surface area contributed by atoms with Crippen molar-refractivity contribution in [2.24, 2.45) is 16.8 Å². The van der Waals surface area contributed by atoms with Gasteiger partial charge < -0.3 is 10.6 Å². The number of carbonyl (C=O) groups excluding carboxylic acids is 1. The van der Waals surface area contributed by atoms with E-state index in [0.717, 1.165) is 17.5 Å². The lowest BCUT2D eigenvalue weighted by atomic mass is 10.1. The fraction of sp³-hybridized carbons (Fsp3) is 0.846. The molecule has 104 valence electrons. The first-order chi connectivity index (χ1) is 8.40. The van der Waals surface area contributed by atoms with Crippen LogP contribution >= 0.6 is 11.8 Å². The Hall–Kier alpha value is -0.710. The van der Waals surface area contributed by atoms with Gasteiger partial charge in [-0.1, -0.05) is 39.5 Å². The number of hydrogen-bond acceptors (Lipinski definition) is 4. The molecule has 0 fully saturated rings. The lowest BCUT2D eigenvalue weighted by Gasteiger charge is -2.15. The first kappa shape index (κ1) is 15.3. The smallest absolute Gasteiger partial charge is 0.242 e. The zero-order chi connectivity index (χ0) is 13.7. The molecule has 2 atom stereocenters. The maximum absolute atomic E-state index is 11.8. The third-order valence-corrected chi connectivity index (χ3v) is 3.87. The van der Waals surface area contributed by atoms with Crippen LogP contribution in [0.2, 0.25) is 0 Å². The van der Waals surface area contributed by atoms with Gasteiger partial charge in [-0.3, -0.25) is 9.79 Å². The second-order valence-corrected chi connectivity index (χ2v) is 6.57. The SMILES string of the molecule is CC(C)CNC(=O)C(C)NC1=NC(C(C)C)CS1. The van der Waals surface area contributed by atoms with Gasteiger partial charge in [-0.15, -0.1) is 0 Å². The Kier molecular flexibility index (Phi) is 5.99. The molecule has 1 aliphatic rings. The van der Waals surface area contributed by atoms with Gasteiger partial charge in [0, 0.05) is 12.3 Å². The molecule has 1 rings (SSSR count). The van der Waals surface area contributed by atoms with Crippen molar-refractivity contribution < 1.29 is 4.79 Å². The van der Waals surface area contributed by atoms with Gasteiger partial charge in [-0.2, -0.15) is 0 Å². The second-order valence-electron chi connectivity index (χ2n) is 5.56.